The minimum Gasteiger partial charge on any atom is -0.334 e. The van der Waals surface area contributed by atoms with Crippen molar-refractivity contribution < 1.29 is 4.79 Å². The van der Waals surface area contributed by atoms with E-state index in [1.807, 2.05) is 25.1 Å². The Labute approximate surface area is 134 Å². The third-order valence-electron chi connectivity index (χ3n) is 3.68. The summed E-state index contributed by atoms with van der Waals surface area (Å²) in [5, 5.41) is 6.39. The highest BCUT2D eigenvalue weighted by molar-refractivity contribution is 7.15. The summed E-state index contributed by atoms with van der Waals surface area (Å²) in [5.41, 5.74) is 3.41. The van der Waals surface area contributed by atoms with Crippen molar-refractivity contribution in [3.05, 3.63) is 46.0 Å². The Balaban J connectivity index is 1.56. The molecule has 0 saturated heterocycles. The van der Waals surface area contributed by atoms with Crippen LogP contribution in [-0.2, 0) is 19.5 Å². The van der Waals surface area contributed by atoms with Gasteiger partial charge in [0, 0.05) is 30.9 Å². The minimum absolute atomic E-state index is 0.207. The number of carbonyl (C=O) groups is 1. The van der Waals surface area contributed by atoms with Crippen molar-refractivity contribution in [1.29, 1.82) is 0 Å². The molecular formula is C16H20N4OS. The molecule has 22 heavy (non-hydrogen) atoms. The van der Waals surface area contributed by atoms with Crippen LogP contribution in [0, 0.1) is 6.92 Å². The van der Waals surface area contributed by atoms with Gasteiger partial charge in [0.1, 0.15) is 0 Å². The van der Waals surface area contributed by atoms with E-state index in [2.05, 4.69) is 33.6 Å². The number of aryl methyl sites for hydroxylation is 1. The number of rotatable bonds is 3. The molecule has 0 spiro atoms. The Bertz CT molecular complexity index is 683. The Morgan fingerprint density at radius 1 is 1.45 bits per heavy atom. The SMILES string of the molecule is Cc1cccc(CNC(=O)Nc2nc3c(s2)CN(C)CC3)c1. The summed E-state index contributed by atoms with van der Waals surface area (Å²) in [5.74, 6) is 0. The van der Waals surface area contributed by atoms with Crippen LogP contribution in [0.2, 0.25) is 0 Å². The van der Waals surface area contributed by atoms with Crippen molar-refractivity contribution >= 4 is 22.5 Å². The molecule has 1 aliphatic rings. The maximum absolute atomic E-state index is 12.0. The van der Waals surface area contributed by atoms with Gasteiger partial charge in [-0.05, 0) is 19.5 Å². The fourth-order valence-electron chi connectivity index (χ4n) is 2.52. The standard InChI is InChI=1S/C16H20N4OS/c1-11-4-3-5-12(8-11)9-17-15(21)19-16-18-13-6-7-20(2)10-14(13)22-16/h3-5,8H,6-7,9-10H2,1-2H3,(H2,17,18,19,21). The average Bonchev–Trinajstić information content (AvgIpc) is 2.86. The van der Waals surface area contributed by atoms with Crippen LogP contribution >= 0.6 is 11.3 Å². The number of fused-ring (bicyclic) bond motifs is 1. The molecule has 2 amide bonds. The van der Waals surface area contributed by atoms with Crippen LogP contribution in [0.25, 0.3) is 0 Å². The van der Waals surface area contributed by atoms with Crippen molar-refractivity contribution in [3.8, 4) is 0 Å². The molecule has 2 aromatic rings. The number of nitrogens with zero attached hydrogens (tertiary/aromatic N) is 2. The Kier molecular flexibility index (Phi) is 4.40. The van der Waals surface area contributed by atoms with Gasteiger partial charge in [0.15, 0.2) is 5.13 Å². The Hall–Kier alpha value is -1.92. The summed E-state index contributed by atoms with van der Waals surface area (Å²) in [7, 11) is 2.10. The number of aromatic nitrogens is 1. The first-order valence-electron chi connectivity index (χ1n) is 7.37. The van der Waals surface area contributed by atoms with Crippen LogP contribution in [-0.4, -0.2) is 29.5 Å². The lowest BCUT2D eigenvalue weighted by molar-refractivity contribution is 0.251. The predicted molar refractivity (Wildman–Crippen MR) is 89.2 cm³/mol. The predicted octanol–water partition coefficient (Wildman–Crippen LogP) is 2.76. The Morgan fingerprint density at radius 3 is 3.14 bits per heavy atom. The molecule has 5 nitrogen and oxygen atoms in total. The molecule has 0 atom stereocenters. The van der Waals surface area contributed by atoms with Crippen molar-refractivity contribution in [3.63, 3.8) is 0 Å². The molecule has 0 bridgehead atoms. The Morgan fingerprint density at radius 2 is 2.32 bits per heavy atom. The van der Waals surface area contributed by atoms with Crippen molar-refractivity contribution in [1.82, 2.24) is 15.2 Å². The smallest absolute Gasteiger partial charge is 0.321 e. The van der Waals surface area contributed by atoms with E-state index in [1.165, 1.54) is 10.4 Å². The van der Waals surface area contributed by atoms with E-state index < -0.39 is 0 Å². The van der Waals surface area contributed by atoms with Crippen LogP contribution in [0.5, 0.6) is 0 Å². The van der Waals surface area contributed by atoms with Gasteiger partial charge in [-0.1, -0.05) is 29.8 Å². The molecule has 1 aromatic heterocycles. The molecule has 2 N–H and O–H groups in total. The zero-order chi connectivity index (χ0) is 15.5. The third-order valence-corrected chi connectivity index (χ3v) is 4.68. The quantitative estimate of drug-likeness (QED) is 0.915. The van der Waals surface area contributed by atoms with E-state index in [-0.39, 0.29) is 6.03 Å². The molecule has 1 aliphatic heterocycles. The normalized spacial score (nSPS) is 14.5. The minimum atomic E-state index is -0.207. The van der Waals surface area contributed by atoms with Gasteiger partial charge in [0.25, 0.3) is 0 Å². The zero-order valence-corrected chi connectivity index (χ0v) is 13.7. The second-order valence-corrected chi connectivity index (χ2v) is 6.76. The number of hydrogen-bond acceptors (Lipinski definition) is 4. The molecule has 0 radical (unpaired) electrons. The van der Waals surface area contributed by atoms with Crippen LogP contribution in [0.1, 0.15) is 21.7 Å². The van der Waals surface area contributed by atoms with E-state index in [9.17, 15) is 4.79 Å². The van der Waals surface area contributed by atoms with Crippen molar-refractivity contribution in [2.75, 3.05) is 18.9 Å². The number of nitrogens with one attached hydrogen (secondary N) is 2. The van der Waals surface area contributed by atoms with Gasteiger partial charge in [-0.2, -0.15) is 0 Å². The fraction of sp³-hybridized carbons (Fsp3) is 0.375. The molecule has 6 heteroatoms. The topological polar surface area (TPSA) is 57.3 Å². The molecule has 0 unspecified atom stereocenters. The number of anilines is 1. The fourth-order valence-corrected chi connectivity index (χ4v) is 3.61. The van der Waals surface area contributed by atoms with Gasteiger partial charge in [-0.15, -0.1) is 11.3 Å². The van der Waals surface area contributed by atoms with E-state index >= 15 is 0 Å². The molecule has 3 rings (SSSR count). The molecule has 0 aliphatic carbocycles. The summed E-state index contributed by atoms with van der Waals surface area (Å²) in [6.07, 6.45) is 0.953. The second-order valence-electron chi connectivity index (χ2n) is 5.67. The largest absolute Gasteiger partial charge is 0.334 e. The number of carbonyl (C=O) groups excluding carboxylic acids is 1. The van der Waals surface area contributed by atoms with E-state index in [4.69, 9.17) is 0 Å². The van der Waals surface area contributed by atoms with E-state index in [0.717, 1.165) is 30.8 Å². The highest BCUT2D eigenvalue weighted by Crippen LogP contribution is 2.27. The summed E-state index contributed by atoms with van der Waals surface area (Å²) >= 11 is 1.57. The summed E-state index contributed by atoms with van der Waals surface area (Å²) in [6, 6.07) is 7.90. The number of benzene rings is 1. The summed E-state index contributed by atoms with van der Waals surface area (Å²) in [6.45, 7) is 4.50. The van der Waals surface area contributed by atoms with Gasteiger partial charge in [-0.25, -0.2) is 9.78 Å². The summed E-state index contributed by atoms with van der Waals surface area (Å²) in [4.78, 5) is 20.0. The first-order valence-corrected chi connectivity index (χ1v) is 8.19. The van der Waals surface area contributed by atoms with Gasteiger partial charge in [-0.3, -0.25) is 5.32 Å². The number of urea groups is 1. The lowest BCUT2D eigenvalue weighted by Gasteiger charge is -2.20. The van der Waals surface area contributed by atoms with Crippen molar-refractivity contribution in [2.24, 2.45) is 0 Å². The molecular weight excluding hydrogens is 296 g/mol. The first-order chi connectivity index (χ1) is 10.6. The molecule has 2 heterocycles. The highest BCUT2D eigenvalue weighted by atomic mass is 32.1. The number of likely N-dealkylation sites (N-methyl/N-ethyl adjacent to an activating group) is 1. The van der Waals surface area contributed by atoms with E-state index in [1.54, 1.807) is 11.3 Å². The van der Waals surface area contributed by atoms with Crippen LogP contribution in [0.4, 0.5) is 9.93 Å². The van der Waals surface area contributed by atoms with Gasteiger partial charge in [0.2, 0.25) is 0 Å². The van der Waals surface area contributed by atoms with Gasteiger partial charge in [0.05, 0.1) is 5.69 Å². The van der Waals surface area contributed by atoms with Crippen LogP contribution in [0.15, 0.2) is 24.3 Å². The maximum Gasteiger partial charge on any atom is 0.321 e. The monoisotopic (exact) mass is 316 g/mol. The van der Waals surface area contributed by atoms with Crippen LogP contribution < -0.4 is 10.6 Å². The molecule has 1 aromatic carbocycles. The summed E-state index contributed by atoms with van der Waals surface area (Å²) < 4.78 is 0. The molecule has 0 saturated carbocycles. The second kappa shape index (κ2) is 6.46. The van der Waals surface area contributed by atoms with Gasteiger partial charge >= 0.3 is 6.03 Å². The molecule has 0 fully saturated rings. The maximum atomic E-state index is 12.0. The first kappa shape index (κ1) is 15.0. The average molecular weight is 316 g/mol. The number of hydrogen-bond donors (Lipinski definition) is 2. The van der Waals surface area contributed by atoms with E-state index in [0.29, 0.717) is 11.7 Å². The molecule has 116 valence electrons. The number of amides is 2. The highest BCUT2D eigenvalue weighted by Gasteiger charge is 2.18. The van der Waals surface area contributed by atoms with Crippen molar-refractivity contribution in [2.45, 2.75) is 26.4 Å². The lowest BCUT2D eigenvalue weighted by Crippen LogP contribution is -2.28. The zero-order valence-electron chi connectivity index (χ0n) is 12.8. The van der Waals surface area contributed by atoms with Crippen LogP contribution in [0.3, 0.4) is 0 Å². The number of thiazole rings is 1. The third kappa shape index (κ3) is 3.64. The van der Waals surface area contributed by atoms with Gasteiger partial charge < -0.3 is 10.2 Å². The lowest BCUT2D eigenvalue weighted by atomic mass is 10.1.